The van der Waals surface area contributed by atoms with Crippen molar-refractivity contribution in [1.29, 1.82) is 0 Å². The van der Waals surface area contributed by atoms with Gasteiger partial charge in [0.1, 0.15) is 13.1 Å². The molecule has 1 saturated heterocycles. The molecule has 28 heavy (non-hydrogen) atoms. The van der Waals surface area contributed by atoms with E-state index in [2.05, 4.69) is 4.72 Å². The fraction of sp³-hybridized carbons (Fsp3) is 0.368. The molecule has 5 nitrogen and oxygen atoms in total. The van der Waals surface area contributed by atoms with Crippen LogP contribution in [0.4, 0.5) is 13.2 Å². The molecule has 0 spiro atoms. The molecular formula is C19H22F3N2O3S+. The Kier molecular flexibility index (Phi) is 6.39. The molecule has 1 aliphatic rings. The van der Waals surface area contributed by atoms with E-state index in [1.807, 2.05) is 30.3 Å². The van der Waals surface area contributed by atoms with E-state index in [-0.39, 0.29) is 4.90 Å². The lowest BCUT2D eigenvalue weighted by atomic mass is 10.1. The van der Waals surface area contributed by atoms with Crippen LogP contribution in [0, 0.1) is 0 Å². The Hall–Kier alpha value is -1.94. The number of ether oxygens (including phenoxy) is 1. The second-order valence-electron chi connectivity index (χ2n) is 6.67. The maximum atomic E-state index is 12.8. The summed E-state index contributed by atoms with van der Waals surface area (Å²) < 4.78 is 71.8. The minimum Gasteiger partial charge on any atom is -0.370 e. The van der Waals surface area contributed by atoms with Crippen molar-refractivity contribution in [3.8, 4) is 0 Å². The second-order valence-corrected chi connectivity index (χ2v) is 8.39. The summed E-state index contributed by atoms with van der Waals surface area (Å²) >= 11 is 0. The van der Waals surface area contributed by atoms with Crippen LogP contribution in [0.3, 0.4) is 0 Å². The van der Waals surface area contributed by atoms with Gasteiger partial charge in [0, 0.05) is 0 Å². The number of benzene rings is 2. The van der Waals surface area contributed by atoms with E-state index >= 15 is 0 Å². The number of morpholine rings is 1. The summed E-state index contributed by atoms with van der Waals surface area (Å²) in [6.45, 7) is 3.29. The molecular weight excluding hydrogens is 393 g/mol. The van der Waals surface area contributed by atoms with Crippen molar-refractivity contribution < 1.29 is 31.2 Å². The van der Waals surface area contributed by atoms with E-state index in [1.165, 1.54) is 4.90 Å². The molecule has 0 radical (unpaired) electrons. The highest BCUT2D eigenvalue weighted by atomic mass is 32.2. The van der Waals surface area contributed by atoms with Crippen LogP contribution >= 0.6 is 0 Å². The average molecular weight is 415 g/mol. The first-order chi connectivity index (χ1) is 13.3. The number of alkyl halides is 3. The molecule has 0 aliphatic carbocycles. The summed E-state index contributed by atoms with van der Waals surface area (Å²) in [4.78, 5) is 1.01. The molecule has 0 amide bonds. The largest absolute Gasteiger partial charge is 0.416 e. The van der Waals surface area contributed by atoms with E-state index in [0.29, 0.717) is 19.8 Å². The van der Waals surface area contributed by atoms with Crippen molar-refractivity contribution in [2.24, 2.45) is 0 Å². The van der Waals surface area contributed by atoms with Crippen LogP contribution < -0.4 is 9.62 Å². The smallest absolute Gasteiger partial charge is 0.370 e. The third-order valence-corrected chi connectivity index (χ3v) is 6.17. The van der Waals surface area contributed by atoms with Crippen molar-refractivity contribution >= 4 is 10.0 Å². The molecule has 2 aromatic rings. The van der Waals surface area contributed by atoms with Gasteiger partial charge in [0.15, 0.2) is 0 Å². The first kappa shape index (κ1) is 20.8. The van der Waals surface area contributed by atoms with Gasteiger partial charge in [0.05, 0.1) is 36.3 Å². The molecule has 2 aromatic carbocycles. The Bertz CT molecular complexity index is 866. The Balaban J connectivity index is 1.82. The summed E-state index contributed by atoms with van der Waals surface area (Å²) in [5, 5.41) is 0. The van der Waals surface area contributed by atoms with E-state index in [0.717, 1.165) is 42.9 Å². The molecule has 1 fully saturated rings. The van der Waals surface area contributed by atoms with Crippen LogP contribution in [0.5, 0.6) is 0 Å². The normalized spacial score (nSPS) is 17.4. The summed E-state index contributed by atoms with van der Waals surface area (Å²) in [6.07, 6.45) is -4.51. The number of halogens is 3. The Labute approximate surface area is 162 Å². The third-order valence-electron chi connectivity index (χ3n) is 4.68. The molecule has 0 saturated carbocycles. The first-order valence-corrected chi connectivity index (χ1v) is 10.4. The van der Waals surface area contributed by atoms with Crippen molar-refractivity contribution in [3.63, 3.8) is 0 Å². The number of hydrogen-bond acceptors (Lipinski definition) is 3. The van der Waals surface area contributed by atoms with Crippen LogP contribution in [0.25, 0.3) is 0 Å². The lowest BCUT2D eigenvalue weighted by Crippen LogP contribution is -3.14. The van der Waals surface area contributed by atoms with Crippen LogP contribution in [0.15, 0.2) is 59.5 Å². The second kappa shape index (κ2) is 8.60. The topological polar surface area (TPSA) is 59.8 Å². The zero-order chi connectivity index (χ0) is 20.2. The molecule has 0 aromatic heterocycles. The molecule has 2 N–H and O–H groups in total. The van der Waals surface area contributed by atoms with Gasteiger partial charge in [-0.15, -0.1) is 0 Å². The van der Waals surface area contributed by atoms with Gasteiger partial charge in [-0.25, -0.2) is 8.42 Å². The molecule has 0 bridgehead atoms. The van der Waals surface area contributed by atoms with Crippen LogP contribution in [0.1, 0.15) is 17.2 Å². The van der Waals surface area contributed by atoms with Crippen LogP contribution in [-0.2, 0) is 20.9 Å². The Morgan fingerprint density at radius 1 is 1.00 bits per heavy atom. The minimum absolute atomic E-state index is 0.196. The van der Waals surface area contributed by atoms with E-state index < -0.39 is 27.8 Å². The summed E-state index contributed by atoms with van der Waals surface area (Å²) in [6, 6.07) is 12.2. The van der Waals surface area contributed by atoms with Crippen LogP contribution in [-0.4, -0.2) is 41.3 Å². The third kappa shape index (κ3) is 5.32. The molecule has 152 valence electrons. The molecule has 3 rings (SSSR count). The first-order valence-electron chi connectivity index (χ1n) is 8.91. The van der Waals surface area contributed by atoms with E-state index in [9.17, 15) is 21.6 Å². The van der Waals surface area contributed by atoms with E-state index in [1.54, 1.807) is 0 Å². The van der Waals surface area contributed by atoms with Gasteiger partial charge in [-0.1, -0.05) is 30.3 Å². The zero-order valence-electron chi connectivity index (χ0n) is 15.1. The maximum Gasteiger partial charge on any atom is 0.416 e. The molecule has 1 atom stereocenters. The molecule has 9 heteroatoms. The number of nitrogens with one attached hydrogen (secondary N) is 2. The van der Waals surface area contributed by atoms with Crippen molar-refractivity contribution in [2.45, 2.75) is 17.1 Å². The van der Waals surface area contributed by atoms with Crippen molar-refractivity contribution in [1.82, 2.24) is 4.72 Å². The number of rotatable bonds is 6. The van der Waals surface area contributed by atoms with Gasteiger partial charge in [-0.2, -0.15) is 17.9 Å². The highest BCUT2D eigenvalue weighted by Gasteiger charge is 2.31. The fourth-order valence-corrected chi connectivity index (χ4v) is 4.37. The summed E-state index contributed by atoms with van der Waals surface area (Å²) in [5.41, 5.74) is -0.0826. The zero-order valence-corrected chi connectivity index (χ0v) is 15.9. The molecule has 0 unspecified atom stereocenters. The SMILES string of the molecule is O=S(=O)(N[C@H](C[NH+]1CCOCC1)c1ccccc1)c1ccc(C(F)(F)F)cc1. The predicted octanol–water partition coefficient (Wildman–Crippen LogP) is 1.64. The predicted molar refractivity (Wildman–Crippen MR) is 97.3 cm³/mol. The molecule has 1 aliphatic heterocycles. The quantitative estimate of drug-likeness (QED) is 0.754. The Morgan fingerprint density at radius 3 is 2.18 bits per heavy atom. The summed E-state index contributed by atoms with van der Waals surface area (Å²) in [5.74, 6) is 0. The Morgan fingerprint density at radius 2 is 1.61 bits per heavy atom. The highest BCUT2D eigenvalue weighted by molar-refractivity contribution is 7.89. The highest BCUT2D eigenvalue weighted by Crippen LogP contribution is 2.29. The van der Waals surface area contributed by atoms with Crippen molar-refractivity contribution in [3.05, 3.63) is 65.7 Å². The van der Waals surface area contributed by atoms with E-state index in [4.69, 9.17) is 4.74 Å². The van der Waals surface area contributed by atoms with Gasteiger partial charge >= 0.3 is 6.18 Å². The number of quaternary nitrogens is 1. The molecule has 1 heterocycles. The van der Waals surface area contributed by atoms with Crippen LogP contribution in [0.2, 0.25) is 0 Å². The maximum absolute atomic E-state index is 12.8. The van der Waals surface area contributed by atoms with Gasteiger partial charge in [-0.3, -0.25) is 0 Å². The number of sulfonamides is 1. The monoisotopic (exact) mass is 415 g/mol. The number of hydrogen-bond donors (Lipinski definition) is 2. The lowest BCUT2D eigenvalue weighted by molar-refractivity contribution is -0.909. The lowest BCUT2D eigenvalue weighted by Gasteiger charge is -2.28. The fourth-order valence-electron chi connectivity index (χ4n) is 3.14. The standard InChI is InChI=1S/C19H21F3N2O3S/c20-19(21,22)16-6-8-17(9-7-16)28(25,26)23-18(15-4-2-1-3-5-15)14-24-10-12-27-13-11-24/h1-9,18,23H,10-14H2/p+1/t18-/m1/s1. The summed E-state index contributed by atoms with van der Waals surface area (Å²) in [7, 11) is -3.98. The van der Waals surface area contributed by atoms with Gasteiger partial charge in [0.25, 0.3) is 0 Å². The van der Waals surface area contributed by atoms with Gasteiger partial charge < -0.3 is 9.64 Å². The van der Waals surface area contributed by atoms with Gasteiger partial charge in [0.2, 0.25) is 10.0 Å². The van der Waals surface area contributed by atoms with Gasteiger partial charge in [-0.05, 0) is 29.8 Å². The minimum atomic E-state index is -4.51. The average Bonchev–Trinajstić information content (AvgIpc) is 2.68. The van der Waals surface area contributed by atoms with Crippen molar-refractivity contribution in [2.75, 3.05) is 32.8 Å².